The molecule has 0 aromatic heterocycles. The zero-order chi connectivity index (χ0) is 12.9. The summed E-state index contributed by atoms with van der Waals surface area (Å²) >= 11 is 3.74. The van der Waals surface area contributed by atoms with Crippen molar-refractivity contribution in [1.29, 1.82) is 0 Å². The van der Waals surface area contributed by atoms with Gasteiger partial charge in [0.1, 0.15) is 0 Å². The Hall–Kier alpha value is -0.540. The van der Waals surface area contributed by atoms with E-state index in [1.165, 1.54) is 40.8 Å². The Labute approximate surface area is 118 Å². The van der Waals surface area contributed by atoms with Crippen molar-refractivity contribution >= 4 is 21.6 Å². The third kappa shape index (κ3) is 1.64. The summed E-state index contributed by atoms with van der Waals surface area (Å²) in [6, 6.07) is 4.60. The van der Waals surface area contributed by atoms with E-state index in [4.69, 9.17) is 0 Å². The molecule has 1 aromatic rings. The number of rotatable bonds is 0. The van der Waals surface area contributed by atoms with Gasteiger partial charge in [-0.05, 0) is 59.9 Å². The molecule has 2 nitrogen and oxygen atoms in total. The van der Waals surface area contributed by atoms with Crippen molar-refractivity contribution in [3.05, 3.63) is 27.7 Å². The molecule has 2 heterocycles. The molecule has 3 heteroatoms. The van der Waals surface area contributed by atoms with E-state index in [1.54, 1.807) is 0 Å². The van der Waals surface area contributed by atoms with Gasteiger partial charge in [-0.2, -0.15) is 0 Å². The molecule has 2 aliphatic rings. The molecule has 1 fully saturated rings. The Kier molecular flexibility index (Phi) is 2.94. The molecule has 18 heavy (non-hydrogen) atoms. The van der Waals surface area contributed by atoms with Crippen molar-refractivity contribution in [2.45, 2.75) is 25.7 Å². The number of nitrogens with one attached hydrogen (secondary N) is 1. The number of fused-ring (bicyclic) bond motifs is 2. The molecule has 98 valence electrons. The molecule has 0 radical (unpaired) electrons. The first-order chi connectivity index (χ1) is 8.54. The SMILES string of the molecule is Cc1ccc2c(c1Br)NCC21CCN(C)CC1C. The average molecular weight is 309 g/mol. The van der Waals surface area contributed by atoms with Crippen molar-refractivity contribution in [2.24, 2.45) is 5.92 Å². The standard InChI is InChI=1S/C15H21BrN2/c1-10-4-5-12-14(13(10)16)17-9-15(12)6-7-18(3)8-11(15)2/h4-5,11,17H,6-9H2,1-3H3. The monoisotopic (exact) mass is 308 g/mol. The summed E-state index contributed by atoms with van der Waals surface area (Å²) in [5.41, 5.74) is 4.53. The Morgan fingerprint density at radius 2 is 2.22 bits per heavy atom. The second-order valence-electron chi connectivity index (χ2n) is 6.04. The molecule has 0 aliphatic carbocycles. The molecule has 0 amide bonds. The number of likely N-dealkylation sites (tertiary alicyclic amines) is 1. The van der Waals surface area contributed by atoms with E-state index >= 15 is 0 Å². The molecule has 2 atom stereocenters. The second-order valence-corrected chi connectivity index (χ2v) is 6.83. The Morgan fingerprint density at radius 1 is 1.44 bits per heavy atom. The van der Waals surface area contributed by atoms with E-state index in [1.807, 2.05) is 0 Å². The highest BCUT2D eigenvalue weighted by atomic mass is 79.9. The summed E-state index contributed by atoms with van der Waals surface area (Å²) in [5.74, 6) is 0.708. The van der Waals surface area contributed by atoms with Crippen molar-refractivity contribution in [3.63, 3.8) is 0 Å². The molecule has 1 spiro atoms. The number of anilines is 1. The summed E-state index contributed by atoms with van der Waals surface area (Å²) in [4.78, 5) is 2.46. The van der Waals surface area contributed by atoms with E-state index in [0.29, 0.717) is 11.3 Å². The van der Waals surface area contributed by atoms with Crippen LogP contribution >= 0.6 is 15.9 Å². The number of halogens is 1. The first-order valence-corrected chi connectivity index (χ1v) is 7.56. The van der Waals surface area contributed by atoms with Crippen molar-refractivity contribution in [3.8, 4) is 0 Å². The lowest BCUT2D eigenvalue weighted by molar-refractivity contribution is 0.134. The van der Waals surface area contributed by atoms with Gasteiger partial charge >= 0.3 is 0 Å². The van der Waals surface area contributed by atoms with Crippen LogP contribution in [0.1, 0.15) is 24.5 Å². The maximum absolute atomic E-state index is 3.74. The molecule has 1 N–H and O–H groups in total. The lowest BCUT2D eigenvalue weighted by Gasteiger charge is -2.43. The Bertz CT molecular complexity index is 486. The predicted molar refractivity (Wildman–Crippen MR) is 80.3 cm³/mol. The number of hydrogen-bond donors (Lipinski definition) is 1. The number of piperidine rings is 1. The van der Waals surface area contributed by atoms with Crippen LogP contribution < -0.4 is 5.32 Å². The van der Waals surface area contributed by atoms with Gasteiger partial charge in [-0.25, -0.2) is 0 Å². The summed E-state index contributed by atoms with van der Waals surface area (Å²) < 4.78 is 1.25. The van der Waals surface area contributed by atoms with Crippen molar-refractivity contribution < 1.29 is 0 Å². The van der Waals surface area contributed by atoms with Crippen LogP contribution in [0.5, 0.6) is 0 Å². The van der Waals surface area contributed by atoms with Crippen LogP contribution in [-0.2, 0) is 5.41 Å². The number of aryl methyl sites for hydroxylation is 1. The van der Waals surface area contributed by atoms with E-state index < -0.39 is 0 Å². The number of hydrogen-bond acceptors (Lipinski definition) is 2. The fraction of sp³-hybridized carbons (Fsp3) is 0.600. The molecule has 0 saturated carbocycles. The van der Waals surface area contributed by atoms with Gasteiger partial charge in [-0.3, -0.25) is 0 Å². The van der Waals surface area contributed by atoms with Gasteiger partial charge < -0.3 is 10.2 Å². The third-order valence-electron chi connectivity index (χ3n) is 4.92. The molecule has 0 bridgehead atoms. The summed E-state index contributed by atoms with van der Waals surface area (Å²) in [5, 5.41) is 3.65. The summed E-state index contributed by atoms with van der Waals surface area (Å²) in [7, 11) is 2.23. The predicted octanol–water partition coefficient (Wildman–Crippen LogP) is 3.39. The van der Waals surface area contributed by atoms with Gasteiger partial charge in [-0.15, -0.1) is 0 Å². The van der Waals surface area contributed by atoms with Crippen LogP contribution in [0.2, 0.25) is 0 Å². The Morgan fingerprint density at radius 3 is 2.94 bits per heavy atom. The van der Waals surface area contributed by atoms with E-state index in [2.05, 4.69) is 59.2 Å². The van der Waals surface area contributed by atoms with Crippen LogP contribution in [0.15, 0.2) is 16.6 Å². The smallest absolute Gasteiger partial charge is 0.0526 e. The zero-order valence-electron chi connectivity index (χ0n) is 11.4. The fourth-order valence-electron chi connectivity index (χ4n) is 3.64. The van der Waals surface area contributed by atoms with Gasteiger partial charge in [0, 0.05) is 23.0 Å². The maximum Gasteiger partial charge on any atom is 0.0526 e. The second kappa shape index (κ2) is 4.24. The molecule has 1 aromatic carbocycles. The summed E-state index contributed by atoms with van der Waals surface area (Å²) in [6.45, 7) is 8.07. The highest BCUT2D eigenvalue weighted by molar-refractivity contribution is 9.10. The first kappa shape index (κ1) is 12.5. The fourth-order valence-corrected chi connectivity index (χ4v) is 4.13. The topological polar surface area (TPSA) is 15.3 Å². The molecule has 3 rings (SSSR count). The van der Waals surface area contributed by atoms with Crippen LogP contribution in [0.25, 0.3) is 0 Å². The van der Waals surface area contributed by atoms with E-state index in [9.17, 15) is 0 Å². The van der Waals surface area contributed by atoms with E-state index in [-0.39, 0.29) is 0 Å². The molecule has 2 aliphatic heterocycles. The Balaban J connectivity index is 2.07. The van der Waals surface area contributed by atoms with Crippen LogP contribution in [0.3, 0.4) is 0 Å². The molecular weight excluding hydrogens is 288 g/mol. The maximum atomic E-state index is 3.74. The molecular formula is C15H21BrN2. The van der Waals surface area contributed by atoms with Gasteiger partial charge in [0.25, 0.3) is 0 Å². The third-order valence-corrected chi connectivity index (χ3v) is 5.94. The lowest BCUT2D eigenvalue weighted by Crippen LogP contribution is -2.48. The van der Waals surface area contributed by atoms with Gasteiger partial charge in [0.2, 0.25) is 0 Å². The minimum absolute atomic E-state index is 0.345. The number of nitrogens with zero attached hydrogens (tertiary/aromatic N) is 1. The number of benzene rings is 1. The van der Waals surface area contributed by atoms with Crippen LogP contribution in [-0.4, -0.2) is 31.6 Å². The molecule has 1 saturated heterocycles. The van der Waals surface area contributed by atoms with Crippen molar-refractivity contribution in [2.75, 3.05) is 32.0 Å². The normalized spacial score (nSPS) is 31.4. The van der Waals surface area contributed by atoms with Crippen molar-refractivity contribution in [1.82, 2.24) is 4.90 Å². The van der Waals surface area contributed by atoms with Crippen LogP contribution in [0, 0.1) is 12.8 Å². The minimum atomic E-state index is 0.345. The lowest BCUT2D eigenvalue weighted by atomic mass is 9.68. The average Bonchev–Trinajstić information content (AvgIpc) is 2.70. The summed E-state index contributed by atoms with van der Waals surface area (Å²) in [6.07, 6.45) is 1.26. The van der Waals surface area contributed by atoms with Crippen LogP contribution in [0.4, 0.5) is 5.69 Å². The minimum Gasteiger partial charge on any atom is -0.383 e. The van der Waals surface area contributed by atoms with Gasteiger partial charge in [0.15, 0.2) is 0 Å². The molecule has 2 unspecified atom stereocenters. The highest BCUT2D eigenvalue weighted by Gasteiger charge is 2.46. The van der Waals surface area contributed by atoms with Gasteiger partial charge in [0.05, 0.1) is 5.69 Å². The quantitative estimate of drug-likeness (QED) is 0.790. The zero-order valence-corrected chi connectivity index (χ0v) is 13.0. The van der Waals surface area contributed by atoms with Gasteiger partial charge in [-0.1, -0.05) is 19.1 Å². The van der Waals surface area contributed by atoms with E-state index in [0.717, 1.165) is 6.54 Å². The first-order valence-electron chi connectivity index (χ1n) is 6.76. The largest absolute Gasteiger partial charge is 0.383 e. The highest BCUT2D eigenvalue weighted by Crippen LogP contribution is 2.49.